The summed E-state index contributed by atoms with van der Waals surface area (Å²) in [5.74, 6) is 0. The van der Waals surface area contributed by atoms with E-state index in [2.05, 4.69) is 44.9 Å². The Labute approximate surface area is 97.5 Å². The molecule has 2 aromatic heterocycles. The summed E-state index contributed by atoms with van der Waals surface area (Å²) < 4.78 is 3.04. The summed E-state index contributed by atoms with van der Waals surface area (Å²) in [4.78, 5) is 6.62. The van der Waals surface area contributed by atoms with Gasteiger partial charge in [0, 0.05) is 0 Å². The Balaban J connectivity index is 2.17. The second kappa shape index (κ2) is 4.37. The van der Waals surface area contributed by atoms with Crippen molar-refractivity contribution in [3.8, 4) is 0 Å². The SMILES string of the molecule is [CH3][Sn]([CH3])([CH2]c1cccs1)[c]1cccs1. The van der Waals surface area contributed by atoms with Crippen molar-refractivity contribution in [1.29, 1.82) is 0 Å². The standard InChI is InChI=1S/C5H5S.C4H3S.2CH3.Sn/c1-5-3-2-4-6-5;1-2-4-5-3-1;;;/h2-4H,1H2;1-3H;2*1H3;. The van der Waals surface area contributed by atoms with Gasteiger partial charge in [0.05, 0.1) is 0 Å². The van der Waals surface area contributed by atoms with Crippen LogP contribution in [0.2, 0.25) is 9.88 Å². The van der Waals surface area contributed by atoms with Gasteiger partial charge in [-0.3, -0.25) is 0 Å². The van der Waals surface area contributed by atoms with Crippen LogP contribution in [-0.2, 0) is 4.44 Å². The fraction of sp³-hybridized carbons (Fsp3) is 0.273. The molecule has 14 heavy (non-hydrogen) atoms. The molecule has 0 amide bonds. The molecular formula is C11H14S2Sn. The van der Waals surface area contributed by atoms with E-state index in [9.17, 15) is 0 Å². The quantitative estimate of drug-likeness (QED) is 0.756. The summed E-state index contributed by atoms with van der Waals surface area (Å²) in [6, 6.07) is 8.95. The van der Waals surface area contributed by atoms with Crippen molar-refractivity contribution in [1.82, 2.24) is 0 Å². The minimum absolute atomic E-state index is 1.35. The van der Waals surface area contributed by atoms with Crippen LogP contribution >= 0.6 is 22.7 Å². The van der Waals surface area contributed by atoms with Gasteiger partial charge >= 0.3 is 98.2 Å². The van der Waals surface area contributed by atoms with Gasteiger partial charge in [-0.2, -0.15) is 0 Å². The summed E-state index contributed by atoms with van der Waals surface area (Å²) in [5, 5.41) is 4.40. The van der Waals surface area contributed by atoms with Crippen molar-refractivity contribution >= 4 is 43.9 Å². The molecule has 0 aliphatic carbocycles. The molecule has 0 saturated heterocycles. The Morgan fingerprint density at radius 3 is 2.36 bits per heavy atom. The summed E-state index contributed by atoms with van der Waals surface area (Å²) in [7, 11) is 0. The number of rotatable bonds is 3. The monoisotopic (exact) mass is 330 g/mol. The van der Waals surface area contributed by atoms with Crippen LogP contribution in [0.25, 0.3) is 0 Å². The van der Waals surface area contributed by atoms with Gasteiger partial charge in [-0.25, -0.2) is 0 Å². The molecule has 0 aliphatic rings. The maximum atomic E-state index is 2.53. The molecule has 0 spiro atoms. The molecule has 0 unspecified atom stereocenters. The van der Waals surface area contributed by atoms with E-state index < -0.39 is 18.4 Å². The third-order valence-electron chi connectivity index (χ3n) is 2.38. The third-order valence-corrected chi connectivity index (χ3v) is 17.3. The summed E-state index contributed by atoms with van der Waals surface area (Å²) in [5.41, 5.74) is 0. The zero-order valence-corrected chi connectivity index (χ0v) is 13.0. The van der Waals surface area contributed by atoms with Gasteiger partial charge in [0.1, 0.15) is 0 Å². The van der Waals surface area contributed by atoms with Gasteiger partial charge in [0.25, 0.3) is 0 Å². The fourth-order valence-corrected chi connectivity index (χ4v) is 14.8. The second-order valence-electron chi connectivity index (χ2n) is 4.12. The molecule has 0 aromatic carbocycles. The molecule has 0 nitrogen and oxygen atoms in total. The van der Waals surface area contributed by atoms with Crippen LogP contribution < -0.4 is 2.89 Å². The molecule has 3 heteroatoms. The Kier molecular flexibility index (Phi) is 3.34. The second-order valence-corrected chi connectivity index (χ2v) is 20.4. The van der Waals surface area contributed by atoms with Crippen LogP contribution in [0.3, 0.4) is 0 Å². The fourth-order valence-electron chi connectivity index (χ4n) is 1.60. The Bertz CT molecular complexity index is 373. The topological polar surface area (TPSA) is 0 Å². The van der Waals surface area contributed by atoms with E-state index in [0.29, 0.717) is 0 Å². The molecule has 0 saturated carbocycles. The average molecular weight is 329 g/mol. The maximum absolute atomic E-state index is 2.53. The predicted molar refractivity (Wildman–Crippen MR) is 69.5 cm³/mol. The zero-order chi connectivity index (χ0) is 10.0. The van der Waals surface area contributed by atoms with Crippen molar-refractivity contribution in [2.24, 2.45) is 0 Å². The average Bonchev–Trinajstić information content (AvgIpc) is 2.71. The zero-order valence-electron chi connectivity index (χ0n) is 8.49. The Morgan fingerprint density at radius 2 is 1.79 bits per heavy atom. The van der Waals surface area contributed by atoms with Gasteiger partial charge in [-0.05, 0) is 0 Å². The molecule has 0 atom stereocenters. The van der Waals surface area contributed by atoms with E-state index in [1.54, 1.807) is 7.77 Å². The summed E-state index contributed by atoms with van der Waals surface area (Å²) >= 11 is 1.89. The molecule has 0 radical (unpaired) electrons. The van der Waals surface area contributed by atoms with Crippen LogP contribution in [0.5, 0.6) is 0 Å². The summed E-state index contributed by atoms with van der Waals surface area (Å²) in [6.07, 6.45) is 0. The molecular weight excluding hydrogens is 315 g/mol. The molecule has 0 fully saturated rings. The van der Waals surface area contributed by atoms with E-state index in [1.807, 2.05) is 22.7 Å². The van der Waals surface area contributed by atoms with Crippen molar-refractivity contribution in [2.75, 3.05) is 0 Å². The van der Waals surface area contributed by atoms with E-state index in [1.165, 1.54) is 4.44 Å². The van der Waals surface area contributed by atoms with Crippen LogP contribution in [0, 0.1) is 0 Å². The summed E-state index contributed by atoms with van der Waals surface area (Å²) in [6.45, 7) is 0. The van der Waals surface area contributed by atoms with Gasteiger partial charge in [-0.1, -0.05) is 0 Å². The predicted octanol–water partition coefficient (Wildman–Crippen LogP) is 3.51. The van der Waals surface area contributed by atoms with Crippen molar-refractivity contribution in [3.05, 3.63) is 39.9 Å². The normalized spacial score (nSPS) is 11.9. The van der Waals surface area contributed by atoms with E-state index in [-0.39, 0.29) is 0 Å². The number of hydrogen-bond acceptors (Lipinski definition) is 2. The first kappa shape index (κ1) is 10.7. The van der Waals surface area contributed by atoms with Crippen LogP contribution in [0.15, 0.2) is 35.0 Å². The van der Waals surface area contributed by atoms with E-state index >= 15 is 0 Å². The molecule has 2 heterocycles. The van der Waals surface area contributed by atoms with Crippen molar-refractivity contribution < 1.29 is 0 Å². The Hall–Kier alpha value is 0.199. The molecule has 2 aromatic rings. The molecule has 74 valence electrons. The first-order chi connectivity index (χ1) is 6.68. The van der Waals surface area contributed by atoms with Gasteiger partial charge in [-0.15, -0.1) is 0 Å². The Morgan fingerprint density at radius 1 is 1.07 bits per heavy atom. The van der Waals surface area contributed by atoms with Gasteiger partial charge in [0.15, 0.2) is 0 Å². The molecule has 2 rings (SSSR count). The number of hydrogen-bond donors (Lipinski definition) is 0. The number of thiophene rings is 2. The molecule has 0 aliphatic heterocycles. The van der Waals surface area contributed by atoms with Crippen molar-refractivity contribution in [2.45, 2.75) is 14.3 Å². The van der Waals surface area contributed by atoms with Crippen LogP contribution in [0.1, 0.15) is 4.88 Å². The van der Waals surface area contributed by atoms with Gasteiger partial charge in [0.2, 0.25) is 0 Å². The molecule has 0 N–H and O–H groups in total. The first-order valence-electron chi connectivity index (χ1n) is 4.75. The van der Waals surface area contributed by atoms with E-state index in [4.69, 9.17) is 0 Å². The first-order valence-corrected chi connectivity index (χ1v) is 15.7. The van der Waals surface area contributed by atoms with E-state index in [0.717, 1.165) is 0 Å². The van der Waals surface area contributed by atoms with Crippen molar-refractivity contribution in [3.63, 3.8) is 0 Å². The van der Waals surface area contributed by atoms with Crippen LogP contribution in [0.4, 0.5) is 0 Å². The third kappa shape index (κ3) is 2.41. The minimum atomic E-state index is -1.96. The van der Waals surface area contributed by atoms with Crippen LogP contribution in [-0.4, -0.2) is 18.4 Å². The van der Waals surface area contributed by atoms with Gasteiger partial charge < -0.3 is 0 Å². The molecule has 0 bridgehead atoms.